The highest BCUT2D eigenvalue weighted by Gasteiger charge is 2.25. The molecule has 162 valence electrons. The molecule has 0 saturated heterocycles. The first-order chi connectivity index (χ1) is 14.9. The third-order valence-electron chi connectivity index (χ3n) is 5.19. The number of ketones is 1. The molecule has 0 spiro atoms. The fourth-order valence-electron chi connectivity index (χ4n) is 3.50. The number of carbonyl (C=O) groups excluding carboxylic acids is 1. The van der Waals surface area contributed by atoms with Crippen LogP contribution in [-0.4, -0.2) is 56.4 Å². The molecule has 0 unspecified atom stereocenters. The minimum absolute atomic E-state index is 0.0360. The van der Waals surface area contributed by atoms with Crippen LogP contribution in [0.15, 0.2) is 58.8 Å². The van der Waals surface area contributed by atoms with Crippen molar-refractivity contribution in [3.05, 3.63) is 54.4 Å². The molecule has 3 heterocycles. The van der Waals surface area contributed by atoms with E-state index in [0.29, 0.717) is 29.5 Å². The van der Waals surface area contributed by atoms with Crippen LogP contribution in [0.4, 0.5) is 0 Å². The molecule has 1 N–H and O–H groups in total. The van der Waals surface area contributed by atoms with Gasteiger partial charge in [0.25, 0.3) is 0 Å². The maximum Gasteiger partial charge on any atom is 0.244 e. The van der Waals surface area contributed by atoms with Crippen molar-refractivity contribution in [1.29, 1.82) is 0 Å². The van der Waals surface area contributed by atoms with Gasteiger partial charge >= 0.3 is 0 Å². The van der Waals surface area contributed by atoms with Gasteiger partial charge in [0.15, 0.2) is 16.6 Å². The summed E-state index contributed by atoms with van der Waals surface area (Å²) in [6, 6.07) is 10.8. The quantitative estimate of drug-likeness (QED) is 0.320. The zero-order valence-corrected chi connectivity index (χ0v) is 19.1. The molecule has 4 aromatic rings. The lowest BCUT2D eigenvalue weighted by Crippen LogP contribution is -2.30. The Bertz CT molecular complexity index is 1360. The molecule has 0 bridgehead atoms. The van der Waals surface area contributed by atoms with Gasteiger partial charge in [-0.25, -0.2) is 8.42 Å². The van der Waals surface area contributed by atoms with E-state index in [2.05, 4.69) is 15.2 Å². The van der Waals surface area contributed by atoms with Crippen molar-refractivity contribution in [2.45, 2.75) is 36.1 Å². The fraction of sp³-hybridized carbons (Fsp3) is 0.286. The predicted octanol–water partition coefficient (Wildman–Crippen LogP) is 3.60. The number of Topliss-reactive ketones (excluding diaryl/α,β-unsaturated/α-hetero) is 1. The number of benzene rings is 1. The summed E-state index contributed by atoms with van der Waals surface area (Å²) in [5, 5.41) is 9.20. The van der Waals surface area contributed by atoms with Crippen LogP contribution in [0, 0.1) is 0 Å². The lowest BCUT2D eigenvalue weighted by molar-refractivity contribution is 0.0995. The van der Waals surface area contributed by atoms with E-state index < -0.39 is 15.3 Å². The minimum atomic E-state index is -3.62. The average Bonchev–Trinajstić information content (AvgIpc) is 3.38. The number of rotatable bonds is 8. The normalized spacial score (nSPS) is 13.3. The van der Waals surface area contributed by atoms with Crippen molar-refractivity contribution in [2.75, 3.05) is 13.1 Å². The average molecular weight is 458 g/mol. The van der Waals surface area contributed by atoms with Crippen LogP contribution in [0.5, 0.6) is 0 Å². The SMILES string of the molecule is CCN(CC)S(=O)(=O)c1ccc2nnc(S[C@@H](C)C(=O)c3c[nH]c4ccccc34)n2c1. The maximum absolute atomic E-state index is 13.1. The van der Waals surface area contributed by atoms with E-state index in [0.717, 1.165) is 10.9 Å². The Morgan fingerprint density at radius 2 is 1.90 bits per heavy atom. The summed E-state index contributed by atoms with van der Waals surface area (Å²) >= 11 is 1.25. The van der Waals surface area contributed by atoms with Gasteiger partial charge in [0, 0.05) is 41.9 Å². The highest BCUT2D eigenvalue weighted by Crippen LogP contribution is 2.28. The molecule has 8 nitrogen and oxygen atoms in total. The lowest BCUT2D eigenvalue weighted by atomic mass is 10.1. The van der Waals surface area contributed by atoms with Gasteiger partial charge in [-0.2, -0.15) is 4.31 Å². The smallest absolute Gasteiger partial charge is 0.244 e. The van der Waals surface area contributed by atoms with Crippen LogP contribution in [0.25, 0.3) is 16.6 Å². The Hall–Kier alpha value is -2.69. The molecule has 0 aliphatic rings. The van der Waals surface area contributed by atoms with Crippen LogP contribution in [-0.2, 0) is 10.0 Å². The molecule has 31 heavy (non-hydrogen) atoms. The van der Waals surface area contributed by atoms with E-state index >= 15 is 0 Å². The van der Waals surface area contributed by atoms with Crippen molar-refractivity contribution < 1.29 is 13.2 Å². The number of aromatic amines is 1. The van der Waals surface area contributed by atoms with E-state index in [1.165, 1.54) is 28.3 Å². The van der Waals surface area contributed by atoms with Crippen molar-refractivity contribution >= 4 is 44.1 Å². The van der Waals surface area contributed by atoms with Crippen molar-refractivity contribution in [2.24, 2.45) is 0 Å². The number of sulfonamides is 1. The second-order valence-electron chi connectivity index (χ2n) is 7.04. The van der Waals surface area contributed by atoms with Gasteiger partial charge in [0.2, 0.25) is 10.0 Å². The number of carbonyl (C=O) groups is 1. The number of para-hydroxylation sites is 1. The Labute approximate surface area is 184 Å². The molecule has 3 aromatic heterocycles. The Morgan fingerprint density at radius 3 is 2.65 bits per heavy atom. The van der Waals surface area contributed by atoms with E-state index in [1.807, 2.05) is 31.2 Å². The monoisotopic (exact) mass is 457 g/mol. The Kier molecular flexibility index (Phi) is 5.87. The first-order valence-corrected chi connectivity index (χ1v) is 12.3. The van der Waals surface area contributed by atoms with E-state index in [4.69, 9.17) is 0 Å². The van der Waals surface area contributed by atoms with Crippen LogP contribution in [0.2, 0.25) is 0 Å². The number of nitrogens with zero attached hydrogens (tertiary/aromatic N) is 4. The predicted molar refractivity (Wildman–Crippen MR) is 121 cm³/mol. The van der Waals surface area contributed by atoms with E-state index in [-0.39, 0.29) is 10.7 Å². The molecule has 0 aliphatic heterocycles. The van der Waals surface area contributed by atoms with Gasteiger partial charge in [0.05, 0.1) is 10.1 Å². The first-order valence-electron chi connectivity index (χ1n) is 9.98. The van der Waals surface area contributed by atoms with Gasteiger partial charge in [-0.1, -0.05) is 43.8 Å². The molecule has 0 aliphatic carbocycles. The summed E-state index contributed by atoms with van der Waals surface area (Å²) in [7, 11) is -3.62. The third kappa shape index (κ3) is 3.86. The number of pyridine rings is 1. The molecule has 0 saturated carbocycles. The molecular formula is C21H23N5O3S2. The zero-order chi connectivity index (χ0) is 22.2. The molecular weight excluding hydrogens is 434 g/mol. The van der Waals surface area contributed by atoms with Crippen molar-refractivity contribution in [3.8, 4) is 0 Å². The molecule has 1 aromatic carbocycles. The van der Waals surface area contributed by atoms with Gasteiger partial charge in [-0.15, -0.1) is 10.2 Å². The summed E-state index contributed by atoms with van der Waals surface area (Å²) in [5.74, 6) is -0.0360. The van der Waals surface area contributed by atoms with Crippen LogP contribution < -0.4 is 0 Å². The topological polar surface area (TPSA) is 100 Å². The van der Waals surface area contributed by atoms with Gasteiger partial charge in [-0.05, 0) is 25.1 Å². The zero-order valence-electron chi connectivity index (χ0n) is 17.4. The summed E-state index contributed by atoms with van der Waals surface area (Å²) in [4.78, 5) is 16.4. The third-order valence-corrected chi connectivity index (χ3v) is 8.28. The first kappa shape index (κ1) is 21.5. The minimum Gasteiger partial charge on any atom is -0.360 e. The second-order valence-corrected chi connectivity index (χ2v) is 10.3. The van der Waals surface area contributed by atoms with Gasteiger partial charge in [0.1, 0.15) is 0 Å². The Balaban J connectivity index is 1.65. The molecule has 1 atom stereocenters. The number of nitrogens with one attached hydrogen (secondary N) is 1. The summed E-state index contributed by atoms with van der Waals surface area (Å²) in [5.41, 5.74) is 2.05. The Morgan fingerprint density at radius 1 is 1.16 bits per heavy atom. The molecule has 4 rings (SSSR count). The lowest BCUT2D eigenvalue weighted by Gasteiger charge is -2.18. The maximum atomic E-state index is 13.1. The van der Waals surface area contributed by atoms with E-state index in [1.54, 1.807) is 30.5 Å². The number of hydrogen-bond donors (Lipinski definition) is 1. The number of hydrogen-bond acceptors (Lipinski definition) is 6. The fourth-order valence-corrected chi connectivity index (χ4v) is 5.86. The number of thioether (sulfide) groups is 1. The van der Waals surface area contributed by atoms with Crippen molar-refractivity contribution in [3.63, 3.8) is 0 Å². The molecule has 10 heteroatoms. The van der Waals surface area contributed by atoms with Crippen LogP contribution >= 0.6 is 11.8 Å². The standard InChI is InChI=1S/C21H23N5O3S2/c1-4-25(5-2)31(28,29)15-10-11-19-23-24-21(26(19)13-15)30-14(3)20(27)17-12-22-18-9-7-6-8-16(17)18/h6-14,22H,4-5H2,1-3H3/t14-/m0/s1. The van der Waals surface area contributed by atoms with Crippen molar-refractivity contribution in [1.82, 2.24) is 23.9 Å². The highest BCUT2D eigenvalue weighted by atomic mass is 32.2. The van der Waals surface area contributed by atoms with E-state index in [9.17, 15) is 13.2 Å². The van der Waals surface area contributed by atoms with Gasteiger partial charge in [-0.3, -0.25) is 9.20 Å². The highest BCUT2D eigenvalue weighted by molar-refractivity contribution is 8.00. The summed E-state index contributed by atoms with van der Waals surface area (Å²) < 4.78 is 28.8. The van der Waals surface area contributed by atoms with Crippen LogP contribution in [0.1, 0.15) is 31.1 Å². The summed E-state index contributed by atoms with van der Waals surface area (Å²) in [6.07, 6.45) is 3.24. The molecule has 0 fully saturated rings. The number of H-pyrrole nitrogens is 1. The summed E-state index contributed by atoms with van der Waals surface area (Å²) in [6.45, 7) is 6.19. The largest absolute Gasteiger partial charge is 0.360 e. The molecule has 0 amide bonds. The molecule has 0 radical (unpaired) electrons. The van der Waals surface area contributed by atoms with Crippen LogP contribution in [0.3, 0.4) is 0 Å². The van der Waals surface area contributed by atoms with Gasteiger partial charge < -0.3 is 4.98 Å². The number of aromatic nitrogens is 4. The number of fused-ring (bicyclic) bond motifs is 2. The second kappa shape index (κ2) is 8.45.